The summed E-state index contributed by atoms with van der Waals surface area (Å²) >= 11 is 0. The van der Waals surface area contributed by atoms with E-state index >= 15 is 0 Å². The number of halogens is 1. The molecule has 0 saturated carbocycles. The molecule has 0 aliphatic rings. The molecule has 0 bridgehead atoms. The normalized spacial score (nSPS) is 12.4. The number of aromatic nitrogens is 1. The second-order valence-electron chi connectivity index (χ2n) is 5.33. The first-order valence-electron chi connectivity index (χ1n) is 7.37. The van der Waals surface area contributed by atoms with E-state index in [9.17, 15) is 17.6 Å². The number of sulfonamides is 1. The maximum absolute atomic E-state index is 13.7. The van der Waals surface area contributed by atoms with Gasteiger partial charge in [0.05, 0.1) is 12.3 Å². The van der Waals surface area contributed by atoms with Gasteiger partial charge < -0.3 is 10.1 Å². The fourth-order valence-electron chi connectivity index (χ4n) is 1.99. The number of para-hydroxylation sites is 1. The van der Waals surface area contributed by atoms with Gasteiger partial charge in [-0.15, -0.1) is 0 Å². The van der Waals surface area contributed by atoms with Crippen LogP contribution in [0, 0.1) is 5.82 Å². The predicted octanol–water partition coefficient (Wildman–Crippen LogP) is 1.57. The van der Waals surface area contributed by atoms with E-state index in [1.807, 2.05) is 0 Å². The third-order valence-electron chi connectivity index (χ3n) is 3.13. The van der Waals surface area contributed by atoms with Gasteiger partial charge in [-0.2, -0.15) is 0 Å². The lowest BCUT2D eigenvalue weighted by Gasteiger charge is -2.14. The largest absolute Gasteiger partial charge is 0.436 e. The summed E-state index contributed by atoms with van der Waals surface area (Å²) < 4.78 is 43.6. The highest BCUT2D eigenvalue weighted by Gasteiger charge is 2.17. The number of carbonyl (C=O) groups excluding carboxylic acids is 1. The molecule has 9 heteroatoms. The molecule has 25 heavy (non-hydrogen) atoms. The summed E-state index contributed by atoms with van der Waals surface area (Å²) in [5, 5.41) is 2.58. The Hall–Kier alpha value is -2.52. The van der Waals surface area contributed by atoms with Crippen molar-refractivity contribution in [3.63, 3.8) is 0 Å². The number of carbonyl (C=O) groups is 1. The molecule has 0 radical (unpaired) electrons. The zero-order valence-corrected chi connectivity index (χ0v) is 14.5. The molecule has 0 fully saturated rings. The first-order chi connectivity index (χ1) is 11.8. The van der Waals surface area contributed by atoms with Crippen LogP contribution in [0.3, 0.4) is 0 Å². The molecule has 1 aromatic heterocycles. The predicted molar refractivity (Wildman–Crippen MR) is 90.0 cm³/mol. The maximum Gasteiger partial charge on any atom is 0.238 e. The third kappa shape index (κ3) is 5.80. The highest BCUT2D eigenvalue weighted by Crippen LogP contribution is 2.25. The summed E-state index contributed by atoms with van der Waals surface area (Å²) in [5.74, 6) is -0.877. The van der Waals surface area contributed by atoms with Crippen LogP contribution < -0.4 is 14.8 Å². The van der Waals surface area contributed by atoms with Gasteiger partial charge in [-0.3, -0.25) is 4.79 Å². The van der Waals surface area contributed by atoms with Gasteiger partial charge in [-0.25, -0.2) is 22.5 Å². The number of hydrogen-bond acceptors (Lipinski definition) is 5. The average molecular weight is 367 g/mol. The number of nitrogens with one attached hydrogen (secondary N) is 2. The second kappa shape index (κ2) is 8.04. The van der Waals surface area contributed by atoms with Gasteiger partial charge in [-0.05, 0) is 25.1 Å². The zero-order chi connectivity index (χ0) is 18.4. The van der Waals surface area contributed by atoms with E-state index < -0.39 is 27.8 Å². The van der Waals surface area contributed by atoms with Crippen molar-refractivity contribution in [1.29, 1.82) is 0 Å². The molecular weight excluding hydrogens is 349 g/mol. The van der Waals surface area contributed by atoms with E-state index in [1.54, 1.807) is 18.2 Å². The lowest BCUT2D eigenvalue weighted by molar-refractivity contribution is -0.122. The minimum atomic E-state index is -3.49. The molecule has 0 saturated heterocycles. The smallest absolute Gasteiger partial charge is 0.238 e. The van der Waals surface area contributed by atoms with Crippen molar-refractivity contribution in [2.24, 2.45) is 0 Å². The molecule has 0 unspecified atom stereocenters. The van der Waals surface area contributed by atoms with Crippen LogP contribution in [-0.2, 0) is 21.4 Å². The van der Waals surface area contributed by atoms with Crippen molar-refractivity contribution in [2.75, 3.05) is 6.26 Å². The van der Waals surface area contributed by atoms with Crippen LogP contribution in [0.25, 0.3) is 0 Å². The van der Waals surface area contributed by atoms with E-state index in [0.717, 1.165) is 6.26 Å². The Labute approximate surface area is 145 Å². The molecular formula is C16H18FN3O4S. The molecule has 134 valence electrons. The monoisotopic (exact) mass is 367 g/mol. The molecule has 1 aromatic carbocycles. The van der Waals surface area contributed by atoms with E-state index in [0.29, 0.717) is 5.56 Å². The van der Waals surface area contributed by atoms with Crippen molar-refractivity contribution < 1.29 is 22.3 Å². The standard InChI is InChI=1S/C16H18FN3O4S/c1-11(20-25(2,22)23)15(21)19-10-12-6-5-9-18-16(12)24-14-8-4-3-7-13(14)17/h3-9,11,20H,10H2,1-2H3,(H,19,21)/t11-/m0/s1. The molecule has 0 aliphatic carbocycles. The van der Waals surface area contributed by atoms with Crippen molar-refractivity contribution in [3.05, 3.63) is 54.0 Å². The first-order valence-corrected chi connectivity index (χ1v) is 9.26. The molecule has 2 N–H and O–H groups in total. The zero-order valence-electron chi connectivity index (χ0n) is 13.7. The van der Waals surface area contributed by atoms with Gasteiger partial charge in [0.2, 0.25) is 21.8 Å². The van der Waals surface area contributed by atoms with Gasteiger partial charge in [0.1, 0.15) is 0 Å². The number of amides is 1. The number of benzene rings is 1. The van der Waals surface area contributed by atoms with Crippen molar-refractivity contribution in [1.82, 2.24) is 15.0 Å². The van der Waals surface area contributed by atoms with Crippen molar-refractivity contribution in [2.45, 2.75) is 19.5 Å². The molecule has 1 atom stereocenters. The molecule has 2 aromatic rings. The molecule has 0 spiro atoms. The summed E-state index contributed by atoms with van der Waals surface area (Å²) in [6, 6.07) is 8.27. The average Bonchev–Trinajstić information content (AvgIpc) is 2.54. The molecule has 1 amide bonds. The fraction of sp³-hybridized carbons (Fsp3) is 0.250. The first kappa shape index (κ1) is 18.8. The number of ether oxygens (including phenoxy) is 1. The van der Waals surface area contributed by atoms with Crippen molar-refractivity contribution >= 4 is 15.9 Å². The van der Waals surface area contributed by atoms with Crippen LogP contribution in [0.5, 0.6) is 11.6 Å². The van der Waals surface area contributed by atoms with E-state index in [-0.39, 0.29) is 18.2 Å². The maximum atomic E-state index is 13.7. The lowest BCUT2D eigenvalue weighted by atomic mass is 10.2. The van der Waals surface area contributed by atoms with Gasteiger partial charge in [0.25, 0.3) is 0 Å². The van der Waals surface area contributed by atoms with Crippen LogP contribution in [-0.4, -0.2) is 31.6 Å². The van der Waals surface area contributed by atoms with Crippen LogP contribution in [0.4, 0.5) is 4.39 Å². The Morgan fingerprint density at radius 1 is 1.28 bits per heavy atom. The Balaban J connectivity index is 2.06. The van der Waals surface area contributed by atoms with Crippen LogP contribution >= 0.6 is 0 Å². The quantitative estimate of drug-likeness (QED) is 0.774. The van der Waals surface area contributed by atoms with Gasteiger partial charge in [0, 0.05) is 18.3 Å². The van der Waals surface area contributed by atoms with E-state index in [2.05, 4.69) is 15.0 Å². The summed E-state index contributed by atoms with van der Waals surface area (Å²) in [4.78, 5) is 16.0. The Bertz CT molecular complexity index is 858. The van der Waals surface area contributed by atoms with Crippen LogP contribution in [0.1, 0.15) is 12.5 Å². The summed E-state index contributed by atoms with van der Waals surface area (Å²) in [5.41, 5.74) is 0.519. The highest BCUT2D eigenvalue weighted by molar-refractivity contribution is 7.88. The SMILES string of the molecule is C[C@H](NS(C)(=O)=O)C(=O)NCc1cccnc1Oc1ccccc1F. The number of hydrogen-bond donors (Lipinski definition) is 2. The number of pyridine rings is 1. The Kier molecular flexibility index (Phi) is 6.05. The molecule has 0 aliphatic heterocycles. The van der Waals surface area contributed by atoms with E-state index in [4.69, 9.17) is 4.74 Å². The number of nitrogens with zero attached hydrogens (tertiary/aromatic N) is 1. The van der Waals surface area contributed by atoms with Gasteiger partial charge >= 0.3 is 0 Å². The topological polar surface area (TPSA) is 97.4 Å². The summed E-state index contributed by atoms with van der Waals surface area (Å²) in [6.45, 7) is 1.47. The third-order valence-corrected chi connectivity index (χ3v) is 3.91. The fourth-order valence-corrected chi connectivity index (χ4v) is 2.74. The summed E-state index contributed by atoms with van der Waals surface area (Å²) in [7, 11) is -3.49. The second-order valence-corrected chi connectivity index (χ2v) is 7.11. The highest BCUT2D eigenvalue weighted by atomic mass is 32.2. The van der Waals surface area contributed by atoms with Gasteiger partial charge in [-0.1, -0.05) is 18.2 Å². The minimum Gasteiger partial charge on any atom is -0.436 e. The molecule has 2 rings (SSSR count). The minimum absolute atomic E-state index is 0.0147. The molecule has 1 heterocycles. The molecule has 7 nitrogen and oxygen atoms in total. The van der Waals surface area contributed by atoms with Gasteiger partial charge in [0.15, 0.2) is 11.6 Å². The van der Waals surface area contributed by atoms with Crippen LogP contribution in [0.15, 0.2) is 42.6 Å². The van der Waals surface area contributed by atoms with Crippen LogP contribution in [0.2, 0.25) is 0 Å². The lowest BCUT2D eigenvalue weighted by Crippen LogP contribution is -2.44. The van der Waals surface area contributed by atoms with Crippen molar-refractivity contribution in [3.8, 4) is 11.6 Å². The van der Waals surface area contributed by atoms with E-state index in [1.165, 1.54) is 31.3 Å². The number of rotatable bonds is 7. The Morgan fingerprint density at radius 2 is 2.00 bits per heavy atom. The Morgan fingerprint density at radius 3 is 2.68 bits per heavy atom. The summed E-state index contributed by atoms with van der Waals surface area (Å²) in [6.07, 6.45) is 2.45.